The molecule has 1 rings (SSSR count). The lowest BCUT2D eigenvalue weighted by Gasteiger charge is -2.17. The van der Waals surface area contributed by atoms with Gasteiger partial charge in [0.15, 0.2) is 0 Å². The molecule has 0 spiro atoms. The van der Waals surface area contributed by atoms with E-state index in [-0.39, 0.29) is 0 Å². The van der Waals surface area contributed by atoms with E-state index in [0.717, 1.165) is 11.3 Å². The highest BCUT2D eigenvalue weighted by molar-refractivity contribution is 5.39. The van der Waals surface area contributed by atoms with Crippen molar-refractivity contribution in [1.82, 2.24) is 5.32 Å². The minimum atomic E-state index is 0.292. The molecule has 1 aromatic rings. The second-order valence-electron chi connectivity index (χ2n) is 4.30. The van der Waals surface area contributed by atoms with Crippen LogP contribution in [-0.2, 0) is 0 Å². The monoisotopic (exact) mass is 219 g/mol. The summed E-state index contributed by atoms with van der Waals surface area (Å²) in [5.41, 5.74) is 3.48. The maximum atomic E-state index is 5.74. The Hall–Kier alpha value is -1.28. The summed E-state index contributed by atoms with van der Waals surface area (Å²) in [6.07, 6.45) is 0. The van der Waals surface area contributed by atoms with Gasteiger partial charge in [-0.15, -0.1) is 0 Å². The van der Waals surface area contributed by atoms with Gasteiger partial charge in [-0.1, -0.05) is 24.3 Å². The summed E-state index contributed by atoms with van der Waals surface area (Å²) < 4.78 is 5.74. The summed E-state index contributed by atoms with van der Waals surface area (Å²) >= 11 is 0. The van der Waals surface area contributed by atoms with Crippen molar-refractivity contribution in [3.63, 3.8) is 0 Å². The van der Waals surface area contributed by atoms with Gasteiger partial charge in [0.05, 0.1) is 0 Å². The number of aryl methyl sites for hydroxylation is 1. The van der Waals surface area contributed by atoms with E-state index in [9.17, 15) is 0 Å². The molecule has 1 atom stereocenters. The van der Waals surface area contributed by atoms with Crippen LogP contribution in [0.15, 0.2) is 30.4 Å². The molecule has 0 heterocycles. The Balaban J connectivity index is 2.93. The van der Waals surface area contributed by atoms with Crippen LogP contribution in [0.3, 0.4) is 0 Å². The lowest BCUT2D eigenvalue weighted by atomic mass is 10.0. The molecule has 0 fully saturated rings. The minimum Gasteiger partial charge on any atom is -0.489 e. The Labute approximate surface area is 98.3 Å². The van der Waals surface area contributed by atoms with E-state index in [1.54, 1.807) is 0 Å². The third-order valence-corrected chi connectivity index (χ3v) is 2.54. The first-order valence-corrected chi connectivity index (χ1v) is 5.59. The first-order chi connectivity index (χ1) is 7.54. The van der Waals surface area contributed by atoms with Gasteiger partial charge in [-0.25, -0.2) is 0 Å². The highest BCUT2D eigenvalue weighted by Gasteiger charge is 2.10. The Bertz CT molecular complexity index is 371. The van der Waals surface area contributed by atoms with E-state index in [0.29, 0.717) is 12.6 Å². The van der Waals surface area contributed by atoms with Crippen molar-refractivity contribution in [2.75, 3.05) is 13.7 Å². The predicted octanol–water partition coefficient (Wildman–Crippen LogP) is 3.23. The third-order valence-electron chi connectivity index (χ3n) is 2.54. The van der Waals surface area contributed by atoms with Gasteiger partial charge >= 0.3 is 0 Å². The van der Waals surface area contributed by atoms with Gasteiger partial charge in [0.1, 0.15) is 12.4 Å². The molecule has 0 radical (unpaired) electrons. The van der Waals surface area contributed by atoms with E-state index < -0.39 is 0 Å². The molecule has 0 saturated heterocycles. The van der Waals surface area contributed by atoms with Crippen LogP contribution in [0.2, 0.25) is 0 Å². The highest BCUT2D eigenvalue weighted by Crippen LogP contribution is 2.26. The number of rotatable bonds is 5. The van der Waals surface area contributed by atoms with Crippen molar-refractivity contribution in [1.29, 1.82) is 0 Å². The predicted molar refractivity (Wildman–Crippen MR) is 69.0 cm³/mol. The van der Waals surface area contributed by atoms with Crippen LogP contribution in [0.1, 0.15) is 31.0 Å². The average Bonchev–Trinajstić information content (AvgIpc) is 2.26. The molecular weight excluding hydrogens is 198 g/mol. The van der Waals surface area contributed by atoms with Gasteiger partial charge in [-0.3, -0.25) is 0 Å². The van der Waals surface area contributed by atoms with Gasteiger partial charge in [0.2, 0.25) is 0 Å². The SMILES string of the molecule is C=C(C)COc1ccc(C)cc1C(C)NC. The van der Waals surface area contributed by atoms with Gasteiger partial charge in [-0.2, -0.15) is 0 Å². The second-order valence-corrected chi connectivity index (χ2v) is 4.30. The normalized spacial score (nSPS) is 12.2. The van der Waals surface area contributed by atoms with Crippen molar-refractivity contribution in [2.24, 2.45) is 0 Å². The molecule has 1 unspecified atom stereocenters. The fourth-order valence-corrected chi connectivity index (χ4v) is 1.49. The summed E-state index contributed by atoms with van der Waals surface area (Å²) in [6, 6.07) is 6.55. The maximum absolute atomic E-state index is 5.74. The molecule has 0 bridgehead atoms. The molecule has 1 aromatic carbocycles. The lowest BCUT2D eigenvalue weighted by Crippen LogP contribution is -2.14. The largest absolute Gasteiger partial charge is 0.489 e. The number of hydrogen-bond acceptors (Lipinski definition) is 2. The van der Waals surface area contributed by atoms with Crippen LogP contribution in [0.25, 0.3) is 0 Å². The molecule has 0 aliphatic carbocycles. The fourth-order valence-electron chi connectivity index (χ4n) is 1.49. The maximum Gasteiger partial charge on any atom is 0.124 e. The van der Waals surface area contributed by atoms with Gasteiger partial charge < -0.3 is 10.1 Å². The van der Waals surface area contributed by atoms with Crippen molar-refractivity contribution in [3.05, 3.63) is 41.5 Å². The Kier molecular flexibility index (Phi) is 4.56. The zero-order valence-corrected chi connectivity index (χ0v) is 10.6. The number of hydrogen-bond donors (Lipinski definition) is 1. The van der Waals surface area contributed by atoms with E-state index >= 15 is 0 Å². The van der Waals surface area contributed by atoms with Crippen molar-refractivity contribution < 1.29 is 4.74 Å². The molecule has 2 nitrogen and oxygen atoms in total. The van der Waals surface area contributed by atoms with Crippen LogP contribution in [0.4, 0.5) is 0 Å². The standard InChI is InChI=1S/C14H21NO/c1-10(2)9-16-14-7-6-11(3)8-13(14)12(4)15-5/h6-8,12,15H,1,9H2,2-5H3. The van der Waals surface area contributed by atoms with Crippen LogP contribution < -0.4 is 10.1 Å². The number of ether oxygens (including phenoxy) is 1. The molecule has 0 amide bonds. The molecule has 0 saturated carbocycles. The van der Waals surface area contributed by atoms with E-state index in [1.807, 2.05) is 20.0 Å². The second kappa shape index (κ2) is 5.71. The van der Waals surface area contributed by atoms with E-state index in [1.165, 1.54) is 11.1 Å². The van der Waals surface area contributed by atoms with Crippen molar-refractivity contribution in [2.45, 2.75) is 26.8 Å². The van der Waals surface area contributed by atoms with Crippen LogP contribution in [0.5, 0.6) is 5.75 Å². The zero-order valence-electron chi connectivity index (χ0n) is 10.6. The average molecular weight is 219 g/mol. The molecule has 0 aliphatic heterocycles. The molecular formula is C14H21NO. The Morgan fingerprint density at radius 3 is 2.75 bits per heavy atom. The summed E-state index contributed by atoms with van der Waals surface area (Å²) in [5, 5.41) is 3.23. The topological polar surface area (TPSA) is 21.3 Å². The highest BCUT2D eigenvalue weighted by atomic mass is 16.5. The summed E-state index contributed by atoms with van der Waals surface area (Å²) in [6.45, 7) is 10.6. The molecule has 1 N–H and O–H groups in total. The summed E-state index contributed by atoms with van der Waals surface area (Å²) in [7, 11) is 1.95. The van der Waals surface area contributed by atoms with Gasteiger partial charge in [0, 0.05) is 11.6 Å². The smallest absolute Gasteiger partial charge is 0.124 e. The quantitative estimate of drug-likeness (QED) is 0.768. The Morgan fingerprint density at radius 1 is 1.50 bits per heavy atom. The van der Waals surface area contributed by atoms with E-state index in [4.69, 9.17) is 4.74 Å². The molecule has 88 valence electrons. The van der Waals surface area contributed by atoms with Crippen molar-refractivity contribution in [3.8, 4) is 5.75 Å². The third kappa shape index (κ3) is 3.38. The minimum absolute atomic E-state index is 0.292. The molecule has 0 aromatic heterocycles. The number of nitrogens with one attached hydrogen (secondary N) is 1. The molecule has 0 aliphatic rings. The first-order valence-electron chi connectivity index (χ1n) is 5.59. The fraction of sp³-hybridized carbons (Fsp3) is 0.429. The van der Waals surface area contributed by atoms with Crippen LogP contribution in [0, 0.1) is 6.92 Å². The van der Waals surface area contributed by atoms with Crippen LogP contribution >= 0.6 is 0 Å². The Morgan fingerprint density at radius 2 is 2.19 bits per heavy atom. The lowest BCUT2D eigenvalue weighted by molar-refractivity contribution is 0.345. The van der Waals surface area contributed by atoms with Gasteiger partial charge in [0.25, 0.3) is 0 Å². The van der Waals surface area contributed by atoms with Crippen molar-refractivity contribution >= 4 is 0 Å². The molecule has 16 heavy (non-hydrogen) atoms. The van der Waals surface area contributed by atoms with Gasteiger partial charge in [-0.05, 0) is 39.5 Å². The van der Waals surface area contributed by atoms with E-state index in [2.05, 4.69) is 37.9 Å². The molecule has 2 heteroatoms. The summed E-state index contributed by atoms with van der Waals surface area (Å²) in [4.78, 5) is 0. The number of benzene rings is 1. The zero-order chi connectivity index (χ0) is 12.1. The first kappa shape index (κ1) is 12.8. The van der Waals surface area contributed by atoms with Crippen LogP contribution in [-0.4, -0.2) is 13.7 Å². The summed E-state index contributed by atoms with van der Waals surface area (Å²) in [5.74, 6) is 0.940.